The summed E-state index contributed by atoms with van der Waals surface area (Å²) in [5.41, 5.74) is 0.588. The molecule has 0 saturated heterocycles. The van der Waals surface area contributed by atoms with Crippen LogP contribution in [0.2, 0.25) is 0 Å². The van der Waals surface area contributed by atoms with E-state index in [0.29, 0.717) is 5.56 Å². The predicted octanol–water partition coefficient (Wildman–Crippen LogP) is 0.246. The van der Waals surface area contributed by atoms with E-state index in [4.69, 9.17) is 5.26 Å². The van der Waals surface area contributed by atoms with Gasteiger partial charge in [0.25, 0.3) is 5.91 Å². The smallest absolute Gasteiger partial charge is 0.307 e. The Hall–Kier alpha value is -2.42. The summed E-state index contributed by atoms with van der Waals surface area (Å²) < 4.78 is 4.43. The van der Waals surface area contributed by atoms with Gasteiger partial charge in [-0.2, -0.15) is 5.26 Å². The van der Waals surface area contributed by atoms with Crippen LogP contribution in [-0.4, -0.2) is 30.5 Å². The molecule has 1 rings (SSSR count). The number of aromatic nitrogens is 1. The molecule has 0 aromatic carbocycles. The molecule has 1 aromatic heterocycles. The Kier molecular flexibility index (Phi) is 4.63. The summed E-state index contributed by atoms with van der Waals surface area (Å²) in [5.74, 6) is -0.781. The van der Waals surface area contributed by atoms with Crippen LogP contribution in [0.15, 0.2) is 18.3 Å². The third kappa shape index (κ3) is 3.91. The number of amides is 1. The van der Waals surface area contributed by atoms with Crippen molar-refractivity contribution < 1.29 is 14.3 Å². The van der Waals surface area contributed by atoms with E-state index in [1.165, 1.54) is 25.4 Å². The number of carbonyl (C=O) groups excluding carboxylic acids is 2. The summed E-state index contributed by atoms with van der Waals surface area (Å²) in [5, 5.41) is 11.1. The number of nitriles is 1. The minimum atomic E-state index is -0.391. The van der Waals surface area contributed by atoms with Crippen LogP contribution in [0.5, 0.6) is 0 Å². The molecule has 0 aliphatic carbocycles. The number of nitrogens with zero attached hydrogens (tertiary/aromatic N) is 2. The maximum absolute atomic E-state index is 11.5. The van der Waals surface area contributed by atoms with Crippen molar-refractivity contribution in [3.8, 4) is 6.07 Å². The normalized spacial score (nSPS) is 9.18. The zero-order valence-electron chi connectivity index (χ0n) is 9.27. The number of nitrogens with one attached hydrogen (secondary N) is 1. The van der Waals surface area contributed by atoms with E-state index in [1.807, 2.05) is 6.07 Å². The van der Waals surface area contributed by atoms with Crippen LogP contribution in [0.4, 0.5) is 0 Å². The van der Waals surface area contributed by atoms with Crippen LogP contribution in [-0.2, 0) is 9.53 Å². The first-order valence-electron chi connectivity index (χ1n) is 4.88. The first-order valence-corrected chi connectivity index (χ1v) is 4.88. The lowest BCUT2D eigenvalue weighted by Crippen LogP contribution is -2.27. The van der Waals surface area contributed by atoms with Gasteiger partial charge in [-0.05, 0) is 12.1 Å². The Bertz CT molecular complexity index is 448. The summed E-state index contributed by atoms with van der Waals surface area (Å²) in [6.45, 7) is 0.188. The minimum Gasteiger partial charge on any atom is -0.469 e. The lowest BCUT2D eigenvalue weighted by Gasteiger charge is -2.03. The van der Waals surface area contributed by atoms with Crippen molar-refractivity contribution in [2.75, 3.05) is 13.7 Å². The topological polar surface area (TPSA) is 92.1 Å². The van der Waals surface area contributed by atoms with E-state index in [-0.39, 0.29) is 18.7 Å². The lowest BCUT2D eigenvalue weighted by molar-refractivity contribution is -0.140. The van der Waals surface area contributed by atoms with E-state index in [2.05, 4.69) is 15.0 Å². The van der Waals surface area contributed by atoms with Crippen molar-refractivity contribution in [2.45, 2.75) is 6.42 Å². The molecular formula is C11H11N3O3. The fourth-order valence-corrected chi connectivity index (χ4v) is 1.07. The maximum Gasteiger partial charge on any atom is 0.307 e. The third-order valence-electron chi connectivity index (χ3n) is 1.97. The maximum atomic E-state index is 11.5. The van der Waals surface area contributed by atoms with Gasteiger partial charge in [0, 0.05) is 12.7 Å². The number of esters is 1. The zero-order valence-corrected chi connectivity index (χ0v) is 9.27. The second kappa shape index (κ2) is 6.23. The molecule has 0 bridgehead atoms. The molecule has 0 radical (unpaired) electrons. The van der Waals surface area contributed by atoms with Gasteiger partial charge < -0.3 is 10.1 Å². The monoisotopic (exact) mass is 233 g/mol. The Morgan fingerprint density at radius 2 is 2.29 bits per heavy atom. The van der Waals surface area contributed by atoms with Gasteiger partial charge in [0.1, 0.15) is 11.8 Å². The van der Waals surface area contributed by atoms with Gasteiger partial charge >= 0.3 is 5.97 Å². The fourth-order valence-electron chi connectivity index (χ4n) is 1.07. The predicted molar refractivity (Wildman–Crippen MR) is 57.9 cm³/mol. The first kappa shape index (κ1) is 12.6. The molecule has 1 aromatic rings. The number of hydrogen-bond donors (Lipinski definition) is 1. The SMILES string of the molecule is COC(=O)CCNC(=O)c1ccc(C#N)cn1. The van der Waals surface area contributed by atoms with Crippen LogP contribution in [0, 0.1) is 11.3 Å². The second-order valence-electron chi connectivity index (χ2n) is 3.13. The molecule has 88 valence electrons. The third-order valence-corrected chi connectivity index (χ3v) is 1.97. The average Bonchev–Trinajstić information content (AvgIpc) is 2.38. The quantitative estimate of drug-likeness (QED) is 0.752. The van der Waals surface area contributed by atoms with Crippen molar-refractivity contribution in [2.24, 2.45) is 0 Å². The van der Waals surface area contributed by atoms with E-state index in [9.17, 15) is 9.59 Å². The van der Waals surface area contributed by atoms with Gasteiger partial charge in [-0.25, -0.2) is 4.98 Å². The molecule has 17 heavy (non-hydrogen) atoms. The fraction of sp³-hybridized carbons (Fsp3) is 0.273. The zero-order chi connectivity index (χ0) is 12.7. The van der Waals surface area contributed by atoms with Crippen molar-refractivity contribution in [3.05, 3.63) is 29.6 Å². The summed E-state index contributed by atoms with van der Waals surface area (Å²) in [6, 6.07) is 4.86. The molecular weight excluding hydrogens is 222 g/mol. The van der Waals surface area contributed by atoms with Gasteiger partial charge in [0.2, 0.25) is 0 Å². The van der Waals surface area contributed by atoms with Gasteiger partial charge in [-0.15, -0.1) is 0 Å². The molecule has 0 atom stereocenters. The van der Waals surface area contributed by atoms with Crippen LogP contribution >= 0.6 is 0 Å². The van der Waals surface area contributed by atoms with Crippen molar-refractivity contribution in [3.63, 3.8) is 0 Å². The van der Waals surface area contributed by atoms with Gasteiger partial charge in [-0.1, -0.05) is 0 Å². The Labute approximate surface area is 98.2 Å². The highest BCUT2D eigenvalue weighted by atomic mass is 16.5. The number of ether oxygens (including phenoxy) is 1. The van der Waals surface area contributed by atoms with Crippen LogP contribution < -0.4 is 5.32 Å². The van der Waals surface area contributed by atoms with Crippen molar-refractivity contribution in [1.29, 1.82) is 5.26 Å². The van der Waals surface area contributed by atoms with Gasteiger partial charge in [0.15, 0.2) is 0 Å². The van der Waals surface area contributed by atoms with Crippen LogP contribution in [0.1, 0.15) is 22.5 Å². The molecule has 0 spiro atoms. The van der Waals surface area contributed by atoms with Gasteiger partial charge in [-0.3, -0.25) is 9.59 Å². The standard InChI is InChI=1S/C11H11N3O3/c1-17-10(15)4-5-13-11(16)9-3-2-8(6-12)7-14-9/h2-3,7H,4-5H2,1H3,(H,13,16). The summed E-state index contributed by atoms with van der Waals surface area (Å²) in [6.07, 6.45) is 1.42. The number of pyridine rings is 1. The summed E-state index contributed by atoms with van der Waals surface area (Å²) in [4.78, 5) is 26.1. The molecule has 0 aliphatic heterocycles. The largest absolute Gasteiger partial charge is 0.469 e. The summed E-state index contributed by atoms with van der Waals surface area (Å²) >= 11 is 0. The molecule has 0 fully saturated rings. The number of carbonyl (C=O) groups is 2. The highest BCUT2D eigenvalue weighted by Crippen LogP contribution is 1.98. The molecule has 1 amide bonds. The number of rotatable bonds is 4. The number of methoxy groups -OCH3 is 1. The molecule has 6 heteroatoms. The summed E-state index contributed by atoms with van der Waals surface area (Å²) in [7, 11) is 1.28. The van der Waals surface area contributed by atoms with E-state index >= 15 is 0 Å². The van der Waals surface area contributed by atoms with E-state index in [1.54, 1.807) is 0 Å². The molecule has 0 saturated carbocycles. The minimum absolute atomic E-state index is 0.110. The van der Waals surface area contributed by atoms with Crippen LogP contribution in [0.3, 0.4) is 0 Å². The molecule has 1 heterocycles. The average molecular weight is 233 g/mol. The van der Waals surface area contributed by atoms with Gasteiger partial charge in [0.05, 0.1) is 19.1 Å². The van der Waals surface area contributed by atoms with E-state index < -0.39 is 11.9 Å². The second-order valence-corrected chi connectivity index (χ2v) is 3.13. The van der Waals surface area contributed by atoms with E-state index in [0.717, 1.165) is 0 Å². The lowest BCUT2D eigenvalue weighted by atomic mass is 10.2. The first-order chi connectivity index (χ1) is 8.17. The highest BCUT2D eigenvalue weighted by Gasteiger charge is 2.07. The number of hydrogen-bond acceptors (Lipinski definition) is 5. The van der Waals surface area contributed by atoms with Crippen molar-refractivity contribution in [1.82, 2.24) is 10.3 Å². The molecule has 6 nitrogen and oxygen atoms in total. The molecule has 0 unspecified atom stereocenters. The molecule has 0 aliphatic rings. The highest BCUT2D eigenvalue weighted by molar-refractivity contribution is 5.92. The Morgan fingerprint density at radius 1 is 1.53 bits per heavy atom. The Morgan fingerprint density at radius 3 is 2.82 bits per heavy atom. The van der Waals surface area contributed by atoms with Crippen LogP contribution in [0.25, 0.3) is 0 Å². The molecule has 1 N–H and O–H groups in total. The van der Waals surface area contributed by atoms with Crippen molar-refractivity contribution >= 4 is 11.9 Å². The Balaban J connectivity index is 2.47.